The molecule has 0 saturated heterocycles. The van der Waals surface area contributed by atoms with Crippen molar-refractivity contribution in [1.29, 1.82) is 0 Å². The van der Waals surface area contributed by atoms with E-state index in [0.717, 1.165) is 22.0 Å². The first kappa shape index (κ1) is 28.2. The Kier molecular flexibility index (Phi) is 9.06. The van der Waals surface area contributed by atoms with Crippen molar-refractivity contribution in [2.45, 2.75) is 39.3 Å². The quantitative estimate of drug-likeness (QED) is 0.205. The number of ether oxygens (including phenoxy) is 2. The summed E-state index contributed by atoms with van der Waals surface area (Å²) in [6, 6.07) is 19.4. The highest BCUT2D eigenvalue weighted by atomic mass is 16.5. The van der Waals surface area contributed by atoms with Crippen LogP contribution in [0.1, 0.15) is 48.3 Å². The van der Waals surface area contributed by atoms with Gasteiger partial charge in [0.05, 0.1) is 12.7 Å². The number of rotatable bonds is 12. The van der Waals surface area contributed by atoms with Crippen molar-refractivity contribution in [2.24, 2.45) is 5.73 Å². The van der Waals surface area contributed by atoms with Crippen LogP contribution in [0.25, 0.3) is 10.8 Å². The maximum atomic E-state index is 13.6. The van der Waals surface area contributed by atoms with E-state index in [9.17, 15) is 9.59 Å². The van der Waals surface area contributed by atoms with Gasteiger partial charge in [-0.25, -0.2) is 4.98 Å². The number of pyridine rings is 1. The van der Waals surface area contributed by atoms with E-state index in [2.05, 4.69) is 15.6 Å². The van der Waals surface area contributed by atoms with Crippen LogP contribution in [0.3, 0.4) is 0 Å². The summed E-state index contributed by atoms with van der Waals surface area (Å²) in [5, 5.41) is 8.10. The van der Waals surface area contributed by atoms with Crippen molar-refractivity contribution in [2.75, 3.05) is 24.2 Å². The van der Waals surface area contributed by atoms with Gasteiger partial charge in [-0.1, -0.05) is 24.3 Å². The van der Waals surface area contributed by atoms with E-state index in [1.807, 2.05) is 75.4 Å². The number of hydrogen-bond donors (Lipinski definition) is 4. The largest absolute Gasteiger partial charge is 0.490 e. The van der Waals surface area contributed by atoms with Crippen molar-refractivity contribution in [3.8, 4) is 11.5 Å². The van der Waals surface area contributed by atoms with Gasteiger partial charge in [0.25, 0.3) is 0 Å². The molecule has 0 fully saturated rings. The second-order valence-corrected chi connectivity index (χ2v) is 9.58. The molecule has 208 valence electrons. The van der Waals surface area contributed by atoms with Gasteiger partial charge >= 0.3 is 0 Å². The molecular weight excluding hydrogens is 506 g/mol. The Hall–Kier alpha value is -4.79. The maximum absolute atomic E-state index is 13.6. The third-order valence-corrected chi connectivity index (χ3v) is 6.31. The molecule has 0 radical (unpaired) electrons. The molecule has 3 aromatic carbocycles. The summed E-state index contributed by atoms with van der Waals surface area (Å²) in [5.74, 6) is 0.862. The fourth-order valence-electron chi connectivity index (χ4n) is 4.48. The zero-order valence-electron chi connectivity index (χ0n) is 22.9. The number of nitrogens with one attached hydrogen (secondary N) is 2. The van der Waals surface area contributed by atoms with Crippen LogP contribution < -0.4 is 31.6 Å². The molecule has 1 unspecified atom stereocenters. The molecule has 6 N–H and O–H groups in total. The molecule has 0 aliphatic carbocycles. The van der Waals surface area contributed by atoms with Crippen molar-refractivity contribution >= 4 is 34.1 Å². The number of nitrogens with two attached hydrogens (primary N) is 2. The van der Waals surface area contributed by atoms with Crippen molar-refractivity contribution in [3.05, 3.63) is 89.6 Å². The van der Waals surface area contributed by atoms with Crippen molar-refractivity contribution in [1.82, 2.24) is 10.3 Å². The van der Waals surface area contributed by atoms with Crippen LogP contribution in [0.15, 0.2) is 72.9 Å². The van der Waals surface area contributed by atoms with Crippen molar-refractivity contribution in [3.63, 3.8) is 0 Å². The Morgan fingerprint density at radius 2 is 1.80 bits per heavy atom. The molecule has 9 nitrogen and oxygen atoms in total. The van der Waals surface area contributed by atoms with Gasteiger partial charge in [0.1, 0.15) is 11.9 Å². The maximum Gasteiger partial charge on any atom is 0.248 e. The van der Waals surface area contributed by atoms with Crippen molar-refractivity contribution < 1.29 is 19.1 Å². The molecule has 40 heavy (non-hydrogen) atoms. The predicted molar refractivity (Wildman–Crippen MR) is 158 cm³/mol. The number of benzene rings is 3. The van der Waals surface area contributed by atoms with Crippen LogP contribution in [0.4, 0.5) is 11.5 Å². The number of aromatic nitrogens is 1. The van der Waals surface area contributed by atoms with Gasteiger partial charge in [0.2, 0.25) is 11.8 Å². The summed E-state index contributed by atoms with van der Waals surface area (Å²) >= 11 is 0. The average molecular weight is 542 g/mol. The molecule has 0 saturated carbocycles. The molecule has 0 bridgehead atoms. The first-order chi connectivity index (χ1) is 19.3. The number of carbonyl (C=O) groups is 2. The van der Waals surface area contributed by atoms with Crippen LogP contribution in [-0.4, -0.2) is 36.1 Å². The molecule has 0 aliphatic heterocycles. The number of fused-ring (bicyclic) bond motifs is 1. The first-order valence-corrected chi connectivity index (χ1v) is 13.3. The Bertz CT molecular complexity index is 1500. The summed E-state index contributed by atoms with van der Waals surface area (Å²) in [6.45, 7) is 6.54. The lowest BCUT2D eigenvalue weighted by molar-refractivity contribution is -0.121. The van der Waals surface area contributed by atoms with Gasteiger partial charge in [0.15, 0.2) is 11.5 Å². The van der Waals surface area contributed by atoms with Gasteiger partial charge < -0.3 is 31.6 Å². The molecule has 4 rings (SSSR count). The lowest BCUT2D eigenvalue weighted by atomic mass is 10.0. The number of hydrogen-bond acceptors (Lipinski definition) is 7. The number of primary amides is 1. The fourth-order valence-corrected chi connectivity index (χ4v) is 4.48. The zero-order valence-corrected chi connectivity index (χ0v) is 22.9. The second-order valence-electron chi connectivity index (χ2n) is 9.58. The normalized spacial score (nSPS) is 11.7. The van der Waals surface area contributed by atoms with Gasteiger partial charge in [-0.05, 0) is 86.2 Å². The topological polar surface area (TPSA) is 142 Å². The summed E-state index contributed by atoms with van der Waals surface area (Å²) in [5.41, 5.74) is 14.2. The molecular formula is C31H35N5O4. The van der Waals surface area contributed by atoms with Crippen LogP contribution in [-0.2, 0) is 11.2 Å². The van der Waals surface area contributed by atoms with Gasteiger partial charge in [0, 0.05) is 29.4 Å². The Morgan fingerprint density at radius 1 is 1.00 bits per heavy atom. The van der Waals surface area contributed by atoms with Crippen LogP contribution in [0.2, 0.25) is 0 Å². The van der Waals surface area contributed by atoms with Crippen LogP contribution in [0.5, 0.6) is 11.5 Å². The third-order valence-electron chi connectivity index (χ3n) is 6.31. The van der Waals surface area contributed by atoms with Gasteiger partial charge in [-0.15, -0.1) is 0 Å². The molecule has 9 heteroatoms. The van der Waals surface area contributed by atoms with Gasteiger partial charge in [-0.2, -0.15) is 0 Å². The number of nitrogens with zero attached hydrogens (tertiary/aromatic N) is 1. The highest BCUT2D eigenvalue weighted by Gasteiger charge is 2.23. The molecule has 1 atom stereocenters. The summed E-state index contributed by atoms with van der Waals surface area (Å²) in [4.78, 5) is 29.6. The lowest BCUT2D eigenvalue weighted by Gasteiger charge is -2.22. The molecule has 0 aliphatic rings. The number of amides is 2. The molecule has 0 spiro atoms. The fraction of sp³-hybridized carbons (Fsp3) is 0.258. The minimum atomic E-state index is -0.754. The highest BCUT2D eigenvalue weighted by molar-refractivity contribution is 5.95. The number of anilines is 2. The van der Waals surface area contributed by atoms with E-state index in [-0.39, 0.29) is 12.0 Å². The van der Waals surface area contributed by atoms with Gasteiger partial charge in [-0.3, -0.25) is 9.59 Å². The average Bonchev–Trinajstić information content (AvgIpc) is 2.93. The smallest absolute Gasteiger partial charge is 0.248 e. The molecule has 4 aromatic rings. The minimum absolute atomic E-state index is 0.0370. The summed E-state index contributed by atoms with van der Waals surface area (Å²) in [6.07, 6.45) is 2.06. The SMILES string of the molecule is CCOc1cc(C(Nc2ccc3c(N)nccc3c2)C(=O)NCCc2ccccc2C(N)=O)ccc1OC(C)C. The molecule has 1 heterocycles. The Labute approximate surface area is 233 Å². The Morgan fingerprint density at radius 3 is 2.55 bits per heavy atom. The van der Waals surface area contributed by atoms with E-state index in [0.29, 0.717) is 48.0 Å². The monoisotopic (exact) mass is 541 g/mol. The van der Waals surface area contributed by atoms with Crippen LogP contribution >= 0.6 is 0 Å². The van der Waals surface area contributed by atoms with E-state index >= 15 is 0 Å². The standard InChI is InChI=1S/C31H35N5O4/c1-4-39-27-18-22(9-12-26(27)40-19(2)3)28(36-23-10-11-24-21(17-23)14-15-34-29(24)32)31(38)35-16-13-20-7-5-6-8-25(20)30(33)37/h5-12,14-15,17-19,28,36H,4,13,16H2,1-3H3,(H2,32,34)(H2,33,37)(H,35,38). The first-order valence-electron chi connectivity index (χ1n) is 13.3. The van der Waals surface area contributed by atoms with E-state index < -0.39 is 11.9 Å². The predicted octanol–water partition coefficient (Wildman–Crippen LogP) is 4.61. The van der Waals surface area contributed by atoms with E-state index in [1.165, 1.54) is 0 Å². The number of carbonyl (C=O) groups excluding carboxylic acids is 2. The Balaban J connectivity index is 1.62. The summed E-state index contributed by atoms with van der Waals surface area (Å²) in [7, 11) is 0. The molecule has 1 aromatic heterocycles. The summed E-state index contributed by atoms with van der Waals surface area (Å²) < 4.78 is 11.8. The lowest BCUT2D eigenvalue weighted by Crippen LogP contribution is -2.35. The minimum Gasteiger partial charge on any atom is -0.490 e. The highest BCUT2D eigenvalue weighted by Crippen LogP contribution is 2.33. The second kappa shape index (κ2) is 12.8. The van der Waals surface area contributed by atoms with Crippen LogP contribution in [0, 0.1) is 0 Å². The molecule has 2 amide bonds. The number of nitrogen functional groups attached to an aromatic ring is 1. The zero-order chi connectivity index (χ0) is 28.6. The third kappa shape index (κ3) is 6.79. The van der Waals surface area contributed by atoms with E-state index in [1.54, 1.807) is 18.3 Å². The van der Waals surface area contributed by atoms with E-state index in [4.69, 9.17) is 20.9 Å².